The number of amides is 2. The fraction of sp³-hybridized carbons (Fsp3) is 0.529. The Kier molecular flexibility index (Phi) is 3.18. The van der Waals surface area contributed by atoms with Crippen LogP contribution in [0.1, 0.15) is 24.8 Å². The second-order valence-electron chi connectivity index (χ2n) is 6.48. The molecule has 5 heteroatoms. The number of benzene rings is 1. The number of anilines is 1. The molecule has 3 aliphatic heterocycles. The summed E-state index contributed by atoms with van der Waals surface area (Å²) in [4.78, 5) is 27.1. The van der Waals surface area contributed by atoms with Crippen molar-refractivity contribution in [2.75, 3.05) is 31.6 Å². The summed E-state index contributed by atoms with van der Waals surface area (Å²) in [5.41, 5.74) is 1.40. The molecular formula is C17H20N2O3. The highest BCUT2D eigenvalue weighted by molar-refractivity contribution is 6.07. The van der Waals surface area contributed by atoms with Gasteiger partial charge in [-0.3, -0.25) is 9.59 Å². The number of hydrogen-bond donors (Lipinski definition) is 1. The van der Waals surface area contributed by atoms with Gasteiger partial charge in [-0.25, -0.2) is 0 Å². The number of carbonyl (C=O) groups is 2. The normalized spacial score (nSPS) is 28.0. The summed E-state index contributed by atoms with van der Waals surface area (Å²) in [6.45, 7) is 2.50. The van der Waals surface area contributed by atoms with Gasteiger partial charge in [-0.05, 0) is 30.9 Å². The minimum absolute atomic E-state index is 0.0379. The van der Waals surface area contributed by atoms with E-state index >= 15 is 0 Å². The fourth-order valence-corrected chi connectivity index (χ4v) is 3.98. The largest absolute Gasteiger partial charge is 0.381 e. The third kappa shape index (κ3) is 1.96. The van der Waals surface area contributed by atoms with Crippen molar-refractivity contribution in [2.45, 2.75) is 24.7 Å². The zero-order valence-electron chi connectivity index (χ0n) is 12.5. The van der Waals surface area contributed by atoms with Crippen molar-refractivity contribution in [3.8, 4) is 0 Å². The first-order valence-corrected chi connectivity index (χ1v) is 7.98. The SMILES string of the molecule is O=C(C1CCOCC1)N1CCC2(C1)C(=O)Nc1ccccc12. The predicted octanol–water partition coefficient (Wildman–Crippen LogP) is 1.54. The van der Waals surface area contributed by atoms with Crippen molar-refractivity contribution in [3.05, 3.63) is 29.8 Å². The molecule has 3 aliphatic rings. The highest BCUT2D eigenvalue weighted by atomic mass is 16.5. The molecule has 0 radical (unpaired) electrons. The van der Waals surface area contributed by atoms with E-state index in [2.05, 4.69) is 5.32 Å². The number of carbonyl (C=O) groups excluding carboxylic acids is 2. The van der Waals surface area contributed by atoms with Crippen LogP contribution in [0.3, 0.4) is 0 Å². The molecule has 1 aromatic rings. The molecular weight excluding hydrogens is 280 g/mol. The van der Waals surface area contributed by atoms with Gasteiger partial charge in [0.1, 0.15) is 0 Å². The van der Waals surface area contributed by atoms with E-state index in [4.69, 9.17) is 4.74 Å². The van der Waals surface area contributed by atoms with Crippen molar-refractivity contribution >= 4 is 17.5 Å². The third-order valence-electron chi connectivity index (χ3n) is 5.28. The summed E-state index contributed by atoms with van der Waals surface area (Å²) >= 11 is 0. The molecule has 0 aromatic heterocycles. The van der Waals surface area contributed by atoms with E-state index in [0.29, 0.717) is 32.7 Å². The highest BCUT2D eigenvalue weighted by Crippen LogP contribution is 2.44. The topological polar surface area (TPSA) is 58.6 Å². The van der Waals surface area contributed by atoms with E-state index in [1.165, 1.54) is 0 Å². The quantitative estimate of drug-likeness (QED) is 0.856. The maximum atomic E-state index is 12.7. The van der Waals surface area contributed by atoms with Gasteiger partial charge in [-0.2, -0.15) is 0 Å². The maximum Gasteiger partial charge on any atom is 0.236 e. The van der Waals surface area contributed by atoms with E-state index < -0.39 is 5.41 Å². The van der Waals surface area contributed by atoms with Crippen LogP contribution in [0.5, 0.6) is 0 Å². The van der Waals surface area contributed by atoms with Gasteiger partial charge in [0.2, 0.25) is 11.8 Å². The number of hydrogen-bond acceptors (Lipinski definition) is 3. The van der Waals surface area contributed by atoms with Crippen LogP contribution in [0.2, 0.25) is 0 Å². The van der Waals surface area contributed by atoms with Crippen LogP contribution in [-0.4, -0.2) is 43.0 Å². The average Bonchev–Trinajstić information content (AvgIpc) is 3.12. The summed E-state index contributed by atoms with van der Waals surface area (Å²) < 4.78 is 5.33. The number of ether oxygens (including phenoxy) is 1. The molecule has 2 fully saturated rings. The summed E-state index contributed by atoms with van der Waals surface area (Å²) in [5, 5.41) is 2.97. The van der Waals surface area contributed by atoms with Gasteiger partial charge in [0.15, 0.2) is 0 Å². The van der Waals surface area contributed by atoms with Gasteiger partial charge in [-0.15, -0.1) is 0 Å². The van der Waals surface area contributed by atoms with E-state index in [-0.39, 0.29) is 17.7 Å². The summed E-state index contributed by atoms with van der Waals surface area (Å²) in [7, 11) is 0. The maximum absolute atomic E-state index is 12.7. The molecule has 2 saturated heterocycles. The monoisotopic (exact) mass is 300 g/mol. The summed E-state index contributed by atoms with van der Waals surface area (Å²) in [6, 6.07) is 7.84. The van der Waals surface area contributed by atoms with Crippen molar-refractivity contribution < 1.29 is 14.3 Å². The number of nitrogens with zero attached hydrogens (tertiary/aromatic N) is 1. The van der Waals surface area contributed by atoms with Crippen molar-refractivity contribution in [1.29, 1.82) is 0 Å². The Hall–Kier alpha value is -1.88. The lowest BCUT2D eigenvalue weighted by molar-refractivity contribution is -0.137. The molecule has 0 aliphatic carbocycles. The first-order chi connectivity index (χ1) is 10.7. The molecule has 3 heterocycles. The Morgan fingerprint density at radius 2 is 2.05 bits per heavy atom. The van der Waals surface area contributed by atoms with E-state index in [1.54, 1.807) is 0 Å². The average molecular weight is 300 g/mol. The van der Waals surface area contributed by atoms with Gasteiger partial charge < -0.3 is 15.0 Å². The van der Waals surface area contributed by atoms with Gasteiger partial charge >= 0.3 is 0 Å². The van der Waals surface area contributed by atoms with Gasteiger partial charge in [0.05, 0.1) is 5.41 Å². The standard InChI is InChI=1S/C17H20N2O3/c20-15(12-5-9-22-10-6-12)19-8-7-17(11-19)13-3-1-2-4-14(13)18-16(17)21/h1-4,12H,5-11H2,(H,18,21). The van der Waals surface area contributed by atoms with Crippen molar-refractivity contribution in [3.63, 3.8) is 0 Å². The van der Waals surface area contributed by atoms with E-state index in [1.807, 2.05) is 29.2 Å². The van der Waals surface area contributed by atoms with Crippen molar-refractivity contribution in [1.82, 2.24) is 4.90 Å². The van der Waals surface area contributed by atoms with Crippen LogP contribution in [0.15, 0.2) is 24.3 Å². The molecule has 22 heavy (non-hydrogen) atoms. The van der Waals surface area contributed by atoms with Crippen LogP contribution in [0, 0.1) is 5.92 Å². The van der Waals surface area contributed by atoms with Crippen LogP contribution in [-0.2, 0) is 19.7 Å². The minimum Gasteiger partial charge on any atom is -0.381 e. The van der Waals surface area contributed by atoms with Gasteiger partial charge in [-0.1, -0.05) is 18.2 Å². The zero-order valence-corrected chi connectivity index (χ0v) is 12.5. The fourth-order valence-electron chi connectivity index (χ4n) is 3.98. The lowest BCUT2D eigenvalue weighted by Gasteiger charge is -2.27. The molecule has 0 saturated carbocycles. The zero-order chi connectivity index (χ0) is 15.2. The first-order valence-electron chi connectivity index (χ1n) is 7.98. The molecule has 1 aromatic carbocycles. The Morgan fingerprint density at radius 1 is 1.27 bits per heavy atom. The summed E-state index contributed by atoms with van der Waals surface area (Å²) in [6.07, 6.45) is 2.31. The molecule has 5 nitrogen and oxygen atoms in total. The smallest absolute Gasteiger partial charge is 0.236 e. The molecule has 1 atom stereocenters. The Balaban J connectivity index is 1.57. The van der Waals surface area contributed by atoms with Gasteiger partial charge in [0.25, 0.3) is 0 Å². The van der Waals surface area contributed by atoms with Crippen LogP contribution < -0.4 is 5.32 Å². The number of likely N-dealkylation sites (tertiary alicyclic amines) is 1. The van der Waals surface area contributed by atoms with Crippen molar-refractivity contribution in [2.24, 2.45) is 5.92 Å². The molecule has 1 unspecified atom stereocenters. The minimum atomic E-state index is -0.544. The van der Waals surface area contributed by atoms with E-state index in [9.17, 15) is 9.59 Å². The van der Waals surface area contributed by atoms with Gasteiger partial charge in [0, 0.05) is 37.9 Å². The molecule has 116 valence electrons. The van der Waals surface area contributed by atoms with E-state index in [0.717, 1.165) is 24.1 Å². The number of para-hydroxylation sites is 1. The first kappa shape index (κ1) is 13.8. The molecule has 2 amide bonds. The van der Waals surface area contributed by atoms with Crippen LogP contribution in [0.25, 0.3) is 0 Å². The number of fused-ring (bicyclic) bond motifs is 2. The molecule has 0 bridgehead atoms. The lowest BCUT2D eigenvalue weighted by Crippen LogP contribution is -2.42. The number of rotatable bonds is 1. The summed E-state index contributed by atoms with van der Waals surface area (Å²) in [5.74, 6) is 0.289. The molecule has 1 N–H and O–H groups in total. The number of nitrogens with one attached hydrogen (secondary N) is 1. The highest BCUT2D eigenvalue weighted by Gasteiger charge is 2.52. The lowest BCUT2D eigenvalue weighted by atomic mass is 9.81. The Bertz CT molecular complexity index is 624. The second kappa shape index (κ2) is 5.09. The van der Waals surface area contributed by atoms with Crippen LogP contribution in [0.4, 0.5) is 5.69 Å². The Labute approximate surface area is 129 Å². The predicted molar refractivity (Wildman–Crippen MR) is 81.5 cm³/mol. The third-order valence-corrected chi connectivity index (χ3v) is 5.28. The second-order valence-corrected chi connectivity index (χ2v) is 6.48. The molecule has 1 spiro atoms. The van der Waals surface area contributed by atoms with Crippen LogP contribution >= 0.6 is 0 Å². The molecule has 4 rings (SSSR count). The Morgan fingerprint density at radius 3 is 2.86 bits per heavy atom.